The van der Waals surface area contributed by atoms with E-state index in [0.717, 1.165) is 0 Å². The fraction of sp³-hybridized carbons (Fsp3) is 0.158. The zero-order valence-electron chi connectivity index (χ0n) is 13.1. The lowest BCUT2D eigenvalue weighted by molar-refractivity contribution is -0.305. The van der Waals surface area contributed by atoms with E-state index in [0.29, 0.717) is 5.56 Å². The first-order valence-electron chi connectivity index (χ1n) is 7.56. The summed E-state index contributed by atoms with van der Waals surface area (Å²) in [6, 6.07) is 14.7. The monoisotopic (exact) mass is 337 g/mol. The van der Waals surface area contributed by atoms with Crippen molar-refractivity contribution in [3.63, 3.8) is 0 Å². The SMILES string of the molecule is O=C([O-])CC(=O)OCC1(c2ccccc2)C(=O)c2ccccc2C1=O. The first kappa shape index (κ1) is 16.6. The summed E-state index contributed by atoms with van der Waals surface area (Å²) < 4.78 is 4.97. The molecule has 1 aliphatic carbocycles. The molecule has 0 N–H and O–H groups in total. The Hall–Kier alpha value is -3.28. The van der Waals surface area contributed by atoms with E-state index in [2.05, 4.69) is 0 Å². The fourth-order valence-electron chi connectivity index (χ4n) is 3.00. The van der Waals surface area contributed by atoms with Gasteiger partial charge in [0.15, 0.2) is 17.0 Å². The zero-order chi connectivity index (χ0) is 18.0. The number of carbonyl (C=O) groups excluding carboxylic acids is 4. The molecule has 126 valence electrons. The molecule has 25 heavy (non-hydrogen) atoms. The molecule has 0 radical (unpaired) electrons. The number of esters is 1. The Kier molecular flexibility index (Phi) is 4.19. The molecule has 3 rings (SSSR count). The van der Waals surface area contributed by atoms with Crippen LogP contribution in [0.1, 0.15) is 32.7 Å². The molecule has 2 aromatic rings. The standard InChI is InChI=1S/C19H14O6/c20-15(21)10-16(22)25-11-19(12-6-2-1-3-7-12)17(23)13-8-4-5-9-14(13)18(19)24/h1-9H,10-11H2,(H,20,21)/p-1. The van der Waals surface area contributed by atoms with Crippen LogP contribution >= 0.6 is 0 Å². The minimum absolute atomic E-state index is 0.257. The predicted molar refractivity (Wildman–Crippen MR) is 83.8 cm³/mol. The van der Waals surface area contributed by atoms with Gasteiger partial charge in [-0.1, -0.05) is 54.6 Å². The molecule has 0 saturated heterocycles. The van der Waals surface area contributed by atoms with Gasteiger partial charge in [0.05, 0.1) is 12.4 Å². The van der Waals surface area contributed by atoms with Gasteiger partial charge >= 0.3 is 5.97 Å². The second-order valence-corrected chi connectivity index (χ2v) is 5.68. The van der Waals surface area contributed by atoms with E-state index in [1.807, 2.05) is 0 Å². The third-order valence-corrected chi connectivity index (χ3v) is 4.20. The number of carboxylic acid groups (broad SMARTS) is 1. The maximum atomic E-state index is 13.0. The molecule has 0 heterocycles. The molecule has 6 nitrogen and oxygen atoms in total. The minimum atomic E-state index is -1.70. The van der Waals surface area contributed by atoms with Crippen molar-refractivity contribution < 1.29 is 29.0 Å². The molecule has 0 spiro atoms. The molecule has 2 aromatic carbocycles. The summed E-state index contributed by atoms with van der Waals surface area (Å²) >= 11 is 0. The molecule has 6 heteroatoms. The van der Waals surface area contributed by atoms with Gasteiger partial charge in [0, 0.05) is 11.1 Å². The van der Waals surface area contributed by atoms with Crippen molar-refractivity contribution >= 4 is 23.5 Å². The van der Waals surface area contributed by atoms with Gasteiger partial charge in [0.25, 0.3) is 0 Å². The van der Waals surface area contributed by atoms with E-state index < -0.39 is 41.9 Å². The zero-order valence-corrected chi connectivity index (χ0v) is 13.1. The number of rotatable bonds is 5. The van der Waals surface area contributed by atoms with E-state index in [1.165, 1.54) is 0 Å². The van der Waals surface area contributed by atoms with Crippen molar-refractivity contribution in [3.8, 4) is 0 Å². The van der Waals surface area contributed by atoms with Gasteiger partial charge in [0.1, 0.15) is 6.61 Å². The first-order valence-corrected chi connectivity index (χ1v) is 7.56. The van der Waals surface area contributed by atoms with Crippen molar-refractivity contribution in [3.05, 3.63) is 71.3 Å². The van der Waals surface area contributed by atoms with Crippen LogP contribution in [0, 0.1) is 0 Å². The van der Waals surface area contributed by atoms with E-state index in [4.69, 9.17) is 4.74 Å². The van der Waals surface area contributed by atoms with Crippen LogP contribution in [0.4, 0.5) is 0 Å². The predicted octanol–water partition coefficient (Wildman–Crippen LogP) is 0.687. The summed E-state index contributed by atoms with van der Waals surface area (Å²) in [5.74, 6) is -3.60. The van der Waals surface area contributed by atoms with Gasteiger partial charge < -0.3 is 14.6 Å². The molecule has 0 bridgehead atoms. The maximum absolute atomic E-state index is 13.0. The molecule has 1 aliphatic rings. The maximum Gasteiger partial charge on any atom is 0.311 e. The summed E-state index contributed by atoms with van der Waals surface area (Å²) in [7, 11) is 0. The van der Waals surface area contributed by atoms with Crippen LogP contribution < -0.4 is 5.11 Å². The van der Waals surface area contributed by atoms with Crippen molar-refractivity contribution in [1.82, 2.24) is 0 Å². The third kappa shape index (κ3) is 2.71. The molecule has 0 amide bonds. The summed E-state index contributed by atoms with van der Waals surface area (Å²) in [6.07, 6.45) is -0.944. The minimum Gasteiger partial charge on any atom is -0.550 e. The second-order valence-electron chi connectivity index (χ2n) is 5.68. The third-order valence-electron chi connectivity index (χ3n) is 4.20. The van der Waals surface area contributed by atoms with Gasteiger partial charge in [-0.05, 0) is 5.56 Å². The normalized spacial score (nSPS) is 14.9. The highest BCUT2D eigenvalue weighted by molar-refractivity contribution is 6.33. The van der Waals surface area contributed by atoms with E-state index in [1.54, 1.807) is 54.6 Å². The topological polar surface area (TPSA) is 101 Å². The van der Waals surface area contributed by atoms with E-state index in [-0.39, 0.29) is 11.1 Å². The van der Waals surface area contributed by atoms with Crippen LogP contribution in [0.5, 0.6) is 0 Å². The molecular formula is C19H13O6-. The quantitative estimate of drug-likeness (QED) is 0.588. The average molecular weight is 337 g/mol. The van der Waals surface area contributed by atoms with Crippen molar-refractivity contribution in [2.45, 2.75) is 11.8 Å². The number of hydrogen-bond donors (Lipinski definition) is 0. The van der Waals surface area contributed by atoms with Gasteiger partial charge in [-0.2, -0.15) is 0 Å². The van der Waals surface area contributed by atoms with Gasteiger partial charge in [-0.15, -0.1) is 0 Å². The number of ether oxygens (including phenoxy) is 1. The average Bonchev–Trinajstić information content (AvgIpc) is 2.83. The number of benzene rings is 2. The largest absolute Gasteiger partial charge is 0.550 e. The lowest BCUT2D eigenvalue weighted by atomic mass is 9.76. The van der Waals surface area contributed by atoms with Gasteiger partial charge in [0.2, 0.25) is 0 Å². The van der Waals surface area contributed by atoms with Crippen molar-refractivity contribution in [2.75, 3.05) is 6.61 Å². The molecule has 0 aliphatic heterocycles. The van der Waals surface area contributed by atoms with Crippen LogP contribution in [-0.2, 0) is 19.7 Å². The number of ketones is 2. The summed E-state index contributed by atoms with van der Waals surface area (Å²) in [5.41, 5.74) is -0.797. The summed E-state index contributed by atoms with van der Waals surface area (Å²) in [4.78, 5) is 48.2. The molecule has 0 fully saturated rings. The van der Waals surface area contributed by atoms with E-state index in [9.17, 15) is 24.3 Å². The Morgan fingerprint density at radius 1 is 0.880 bits per heavy atom. The van der Waals surface area contributed by atoms with Gasteiger partial charge in [-0.25, -0.2) is 0 Å². The number of fused-ring (bicyclic) bond motifs is 1. The van der Waals surface area contributed by atoms with Crippen LogP contribution in [0.25, 0.3) is 0 Å². The smallest absolute Gasteiger partial charge is 0.311 e. The molecule has 0 atom stereocenters. The highest BCUT2D eigenvalue weighted by Gasteiger charge is 2.55. The molecule has 0 unspecified atom stereocenters. The van der Waals surface area contributed by atoms with Gasteiger partial charge in [-0.3, -0.25) is 14.4 Å². The summed E-state index contributed by atoms with van der Waals surface area (Å²) in [5, 5.41) is 10.5. The number of Topliss-reactive ketones (excluding diaryl/α,β-unsaturated/α-hetero) is 2. The Balaban J connectivity index is 2.04. The summed E-state index contributed by atoms with van der Waals surface area (Å²) in [6.45, 7) is -0.560. The van der Waals surface area contributed by atoms with Crippen LogP contribution in [0.15, 0.2) is 54.6 Å². The molecular weight excluding hydrogens is 324 g/mol. The number of hydrogen-bond acceptors (Lipinski definition) is 6. The molecule has 0 aromatic heterocycles. The lowest BCUT2D eigenvalue weighted by Crippen LogP contribution is -2.44. The highest BCUT2D eigenvalue weighted by atomic mass is 16.5. The Labute approximate surface area is 143 Å². The van der Waals surface area contributed by atoms with E-state index >= 15 is 0 Å². The van der Waals surface area contributed by atoms with Crippen LogP contribution in [0.2, 0.25) is 0 Å². The number of carbonyl (C=O) groups is 4. The fourth-order valence-corrected chi connectivity index (χ4v) is 3.00. The Morgan fingerprint density at radius 3 is 1.92 bits per heavy atom. The van der Waals surface area contributed by atoms with Crippen LogP contribution in [0.3, 0.4) is 0 Å². The second kappa shape index (κ2) is 6.32. The number of carboxylic acids is 1. The Bertz CT molecular complexity index is 833. The van der Waals surface area contributed by atoms with Crippen molar-refractivity contribution in [1.29, 1.82) is 0 Å². The van der Waals surface area contributed by atoms with Crippen LogP contribution in [-0.4, -0.2) is 30.1 Å². The lowest BCUT2D eigenvalue weighted by Gasteiger charge is -2.26. The molecule has 0 saturated carbocycles. The first-order chi connectivity index (χ1) is 12.0. The van der Waals surface area contributed by atoms with Crippen molar-refractivity contribution in [2.24, 2.45) is 0 Å². The Morgan fingerprint density at radius 2 is 1.40 bits per heavy atom. The highest BCUT2D eigenvalue weighted by Crippen LogP contribution is 2.40. The number of aliphatic carboxylic acids is 1.